The van der Waals surface area contributed by atoms with Crippen LogP contribution in [-0.2, 0) is 6.42 Å². The molecule has 1 aromatic heterocycles. The van der Waals surface area contributed by atoms with E-state index in [-0.39, 0.29) is 5.41 Å². The molecule has 1 aliphatic rings. The van der Waals surface area contributed by atoms with E-state index >= 15 is 0 Å². The minimum absolute atomic E-state index is 0.0808. The fourth-order valence-electron chi connectivity index (χ4n) is 5.03. The number of nitriles is 1. The predicted molar refractivity (Wildman–Crippen MR) is 137 cm³/mol. The largest absolute Gasteiger partial charge is 0.493 e. The third-order valence-corrected chi connectivity index (χ3v) is 7.31. The predicted octanol–water partition coefficient (Wildman–Crippen LogP) is 8.53. The van der Waals surface area contributed by atoms with Gasteiger partial charge in [0.15, 0.2) is 0 Å². The third-order valence-electron chi connectivity index (χ3n) is 7.31. The molecule has 1 aromatic carbocycles. The first-order valence-corrected chi connectivity index (χ1v) is 13.3. The Morgan fingerprint density at radius 1 is 0.939 bits per heavy atom. The Kier molecular flexibility index (Phi) is 10.3. The lowest BCUT2D eigenvalue weighted by Gasteiger charge is -2.35. The number of nitrogens with zero attached hydrogens (tertiary/aromatic N) is 2. The zero-order chi connectivity index (χ0) is 23.4. The Hall–Kier alpha value is -2.34. The van der Waals surface area contributed by atoms with Gasteiger partial charge in [0.05, 0.1) is 23.8 Å². The van der Waals surface area contributed by atoms with Gasteiger partial charge < -0.3 is 4.74 Å². The number of benzene rings is 1. The summed E-state index contributed by atoms with van der Waals surface area (Å²) in [6.07, 6.45) is 17.4. The number of unbranched alkanes of at least 4 members (excludes halogenated alkanes) is 5. The minimum Gasteiger partial charge on any atom is -0.493 e. The SMILES string of the molecule is CCCCCCCC[C@]1(C#N)CC[C@H](COc2ccc(-c3ccc(CCC)cn3)cc2)CC1. The van der Waals surface area contributed by atoms with E-state index in [1.54, 1.807) is 0 Å². The molecule has 0 unspecified atom stereocenters. The lowest BCUT2D eigenvalue weighted by Crippen LogP contribution is -2.28. The molecule has 3 heteroatoms. The van der Waals surface area contributed by atoms with Crippen molar-refractivity contribution in [1.29, 1.82) is 5.26 Å². The van der Waals surface area contributed by atoms with Gasteiger partial charge in [-0.1, -0.05) is 64.9 Å². The van der Waals surface area contributed by atoms with Crippen molar-refractivity contribution in [2.45, 2.75) is 97.3 Å². The number of aromatic nitrogens is 1. The quantitative estimate of drug-likeness (QED) is 0.290. The van der Waals surface area contributed by atoms with E-state index in [9.17, 15) is 5.26 Å². The number of ether oxygens (including phenoxy) is 1. The summed E-state index contributed by atoms with van der Waals surface area (Å²) in [6, 6.07) is 15.3. The van der Waals surface area contributed by atoms with Crippen LogP contribution in [-0.4, -0.2) is 11.6 Å². The summed E-state index contributed by atoms with van der Waals surface area (Å²) >= 11 is 0. The average Bonchev–Trinajstić information content (AvgIpc) is 2.87. The van der Waals surface area contributed by atoms with E-state index in [1.165, 1.54) is 44.1 Å². The number of rotatable bonds is 13. The van der Waals surface area contributed by atoms with Crippen LogP contribution < -0.4 is 4.74 Å². The summed E-state index contributed by atoms with van der Waals surface area (Å²) in [7, 11) is 0. The second-order valence-electron chi connectivity index (χ2n) is 9.99. The molecule has 0 bridgehead atoms. The summed E-state index contributed by atoms with van der Waals surface area (Å²) in [5, 5.41) is 9.85. The molecule has 178 valence electrons. The molecule has 3 rings (SSSR count). The van der Waals surface area contributed by atoms with Crippen molar-refractivity contribution in [2.24, 2.45) is 11.3 Å². The maximum Gasteiger partial charge on any atom is 0.119 e. The smallest absolute Gasteiger partial charge is 0.119 e. The van der Waals surface area contributed by atoms with Gasteiger partial charge in [-0.25, -0.2) is 0 Å². The second-order valence-corrected chi connectivity index (χ2v) is 9.99. The van der Waals surface area contributed by atoms with Crippen LogP contribution >= 0.6 is 0 Å². The number of hydrogen-bond acceptors (Lipinski definition) is 3. The normalized spacial score (nSPS) is 20.3. The highest BCUT2D eigenvalue weighted by Crippen LogP contribution is 2.42. The lowest BCUT2D eigenvalue weighted by molar-refractivity contribution is 0.144. The number of pyridine rings is 1. The minimum atomic E-state index is -0.0808. The molecule has 0 aliphatic heterocycles. The van der Waals surface area contributed by atoms with Crippen LogP contribution in [0.1, 0.15) is 96.5 Å². The van der Waals surface area contributed by atoms with Crippen molar-refractivity contribution >= 4 is 0 Å². The van der Waals surface area contributed by atoms with Gasteiger partial charge in [-0.3, -0.25) is 4.98 Å². The van der Waals surface area contributed by atoms with E-state index < -0.39 is 0 Å². The van der Waals surface area contributed by atoms with E-state index in [2.05, 4.69) is 61.3 Å². The number of aryl methyl sites for hydroxylation is 1. The Morgan fingerprint density at radius 3 is 2.30 bits per heavy atom. The molecule has 3 nitrogen and oxygen atoms in total. The molecule has 1 heterocycles. The average molecular weight is 447 g/mol. The van der Waals surface area contributed by atoms with Gasteiger partial charge in [0.2, 0.25) is 0 Å². The molecule has 0 saturated heterocycles. The Labute approximate surface area is 201 Å². The van der Waals surface area contributed by atoms with Gasteiger partial charge in [0.25, 0.3) is 0 Å². The van der Waals surface area contributed by atoms with Crippen molar-refractivity contribution in [3.8, 4) is 23.1 Å². The maximum atomic E-state index is 9.85. The molecule has 0 atom stereocenters. The number of hydrogen-bond donors (Lipinski definition) is 0. The maximum absolute atomic E-state index is 9.85. The van der Waals surface area contributed by atoms with Crippen LogP contribution in [0.2, 0.25) is 0 Å². The molecule has 1 fully saturated rings. The summed E-state index contributed by atoms with van der Waals surface area (Å²) in [5.74, 6) is 1.48. The topological polar surface area (TPSA) is 45.9 Å². The molecule has 1 saturated carbocycles. The van der Waals surface area contributed by atoms with Gasteiger partial charge >= 0.3 is 0 Å². The van der Waals surface area contributed by atoms with Crippen LogP contribution in [0, 0.1) is 22.7 Å². The van der Waals surface area contributed by atoms with Crippen molar-refractivity contribution in [1.82, 2.24) is 4.98 Å². The van der Waals surface area contributed by atoms with Crippen LogP contribution in [0.15, 0.2) is 42.6 Å². The molecule has 0 radical (unpaired) electrons. The van der Waals surface area contributed by atoms with Gasteiger partial charge in [-0.2, -0.15) is 5.26 Å². The van der Waals surface area contributed by atoms with Crippen LogP contribution in [0.4, 0.5) is 0 Å². The van der Waals surface area contributed by atoms with Crippen LogP contribution in [0.25, 0.3) is 11.3 Å². The summed E-state index contributed by atoms with van der Waals surface area (Å²) < 4.78 is 6.12. The van der Waals surface area contributed by atoms with Crippen molar-refractivity contribution in [2.75, 3.05) is 6.61 Å². The first-order chi connectivity index (χ1) is 16.2. The highest BCUT2D eigenvalue weighted by atomic mass is 16.5. The van der Waals surface area contributed by atoms with E-state index in [1.807, 2.05) is 6.20 Å². The summed E-state index contributed by atoms with van der Waals surface area (Å²) in [5.41, 5.74) is 3.34. The van der Waals surface area contributed by atoms with Gasteiger partial charge in [0.1, 0.15) is 5.75 Å². The lowest BCUT2D eigenvalue weighted by atomic mass is 9.69. The van der Waals surface area contributed by atoms with Crippen molar-refractivity contribution in [3.63, 3.8) is 0 Å². The summed E-state index contributed by atoms with van der Waals surface area (Å²) in [4.78, 5) is 4.61. The van der Waals surface area contributed by atoms with E-state index in [0.717, 1.165) is 68.6 Å². The zero-order valence-corrected chi connectivity index (χ0v) is 20.8. The van der Waals surface area contributed by atoms with Gasteiger partial charge in [-0.15, -0.1) is 0 Å². The molecular formula is C30H42N2O. The molecule has 0 spiro atoms. The first kappa shape index (κ1) is 25.3. The fraction of sp³-hybridized carbons (Fsp3) is 0.600. The molecular weight excluding hydrogens is 404 g/mol. The van der Waals surface area contributed by atoms with Gasteiger partial charge in [0, 0.05) is 11.8 Å². The second kappa shape index (κ2) is 13.4. The van der Waals surface area contributed by atoms with Crippen LogP contribution in [0.3, 0.4) is 0 Å². The molecule has 2 aromatic rings. The molecule has 0 N–H and O–H groups in total. The van der Waals surface area contributed by atoms with Crippen LogP contribution in [0.5, 0.6) is 5.75 Å². The standard InChI is InChI=1S/C30H42N2O/c1-3-5-6-7-8-9-19-30(24-31)20-17-26(18-21-30)23-33-28-14-12-27(13-15-28)29-16-11-25(10-4-2)22-32-29/h11-16,22,26H,3-10,17-21,23H2,1-2H3/t26-,30-. The molecule has 33 heavy (non-hydrogen) atoms. The highest BCUT2D eigenvalue weighted by molar-refractivity contribution is 5.60. The highest BCUT2D eigenvalue weighted by Gasteiger charge is 2.35. The first-order valence-electron chi connectivity index (χ1n) is 13.3. The van der Waals surface area contributed by atoms with E-state index in [4.69, 9.17) is 4.74 Å². The molecule has 1 aliphatic carbocycles. The van der Waals surface area contributed by atoms with Crippen molar-refractivity contribution < 1.29 is 4.74 Å². The van der Waals surface area contributed by atoms with Crippen molar-refractivity contribution in [3.05, 3.63) is 48.2 Å². The van der Waals surface area contributed by atoms with E-state index in [0.29, 0.717) is 5.92 Å². The zero-order valence-electron chi connectivity index (χ0n) is 20.8. The Balaban J connectivity index is 1.40. The Bertz CT molecular complexity index is 842. The fourth-order valence-corrected chi connectivity index (χ4v) is 5.03. The third kappa shape index (κ3) is 7.88. The molecule has 0 amide bonds. The summed E-state index contributed by atoms with van der Waals surface area (Å²) in [6.45, 7) is 5.20. The van der Waals surface area contributed by atoms with Gasteiger partial charge in [-0.05, 0) is 80.3 Å². The monoisotopic (exact) mass is 446 g/mol. The Morgan fingerprint density at radius 2 is 1.67 bits per heavy atom.